The number of aryl methyl sites for hydroxylation is 2. The zero-order valence-corrected chi connectivity index (χ0v) is 12.0. The average molecular weight is 260 g/mol. The van der Waals surface area contributed by atoms with Crippen LogP contribution in [0.5, 0.6) is 0 Å². The van der Waals surface area contributed by atoms with Gasteiger partial charge in [0.15, 0.2) is 0 Å². The Morgan fingerprint density at radius 3 is 2.47 bits per heavy atom. The summed E-state index contributed by atoms with van der Waals surface area (Å²) in [6.45, 7) is 5.37. The molecule has 0 saturated heterocycles. The molecule has 0 spiro atoms. The van der Waals surface area contributed by atoms with Crippen molar-refractivity contribution >= 4 is 17.4 Å². The van der Waals surface area contributed by atoms with Crippen LogP contribution in [-0.4, -0.2) is 43.8 Å². The summed E-state index contributed by atoms with van der Waals surface area (Å²) >= 11 is 0. The van der Waals surface area contributed by atoms with Crippen LogP contribution < -0.4 is 4.90 Å². The Balaban J connectivity index is 2.28. The lowest BCUT2D eigenvalue weighted by molar-refractivity contribution is -0.114. The highest BCUT2D eigenvalue weighted by Crippen LogP contribution is 2.32. The fourth-order valence-corrected chi connectivity index (χ4v) is 2.56. The minimum absolute atomic E-state index is 0.364. The molecule has 0 bridgehead atoms. The molecule has 0 saturated carbocycles. The van der Waals surface area contributed by atoms with E-state index < -0.39 is 0 Å². The summed E-state index contributed by atoms with van der Waals surface area (Å²) in [4.78, 5) is 27.8. The molecule has 1 aromatic rings. The van der Waals surface area contributed by atoms with Crippen LogP contribution in [0, 0.1) is 13.8 Å². The molecule has 0 fully saturated rings. The molecule has 4 heteroatoms. The van der Waals surface area contributed by atoms with Crippen molar-refractivity contribution in [1.82, 2.24) is 4.90 Å². The molecule has 1 amide bonds. The van der Waals surface area contributed by atoms with Gasteiger partial charge in [0.2, 0.25) is 0 Å². The smallest absolute Gasteiger partial charge is 0.299 e. The molecule has 102 valence electrons. The number of hydrogen-bond acceptors (Lipinski definition) is 3. The number of amides is 1. The van der Waals surface area contributed by atoms with Crippen LogP contribution in [0.3, 0.4) is 0 Å². The fourth-order valence-electron chi connectivity index (χ4n) is 2.56. The molecule has 1 aliphatic rings. The van der Waals surface area contributed by atoms with E-state index in [1.165, 1.54) is 0 Å². The first-order chi connectivity index (χ1) is 8.91. The molecule has 1 aliphatic heterocycles. The first kappa shape index (κ1) is 13.7. The SMILES string of the molecule is Cc1cc(C)c2c(c1)N(CCCN(C)C)C(=O)C2=O. The molecule has 1 aromatic carbocycles. The maximum absolute atomic E-state index is 12.1. The monoisotopic (exact) mass is 260 g/mol. The average Bonchev–Trinajstić information content (AvgIpc) is 2.53. The molecule has 0 unspecified atom stereocenters. The van der Waals surface area contributed by atoms with Gasteiger partial charge < -0.3 is 9.80 Å². The zero-order valence-electron chi connectivity index (χ0n) is 12.0. The molecule has 0 aliphatic carbocycles. The Bertz CT molecular complexity index is 535. The lowest BCUT2D eigenvalue weighted by Gasteiger charge is -2.18. The van der Waals surface area contributed by atoms with Crippen molar-refractivity contribution in [3.8, 4) is 0 Å². The topological polar surface area (TPSA) is 40.6 Å². The largest absolute Gasteiger partial charge is 0.309 e. The number of rotatable bonds is 4. The Kier molecular flexibility index (Phi) is 3.71. The van der Waals surface area contributed by atoms with E-state index >= 15 is 0 Å². The Morgan fingerprint density at radius 2 is 1.84 bits per heavy atom. The fraction of sp³-hybridized carbons (Fsp3) is 0.467. The van der Waals surface area contributed by atoms with Gasteiger partial charge >= 0.3 is 0 Å². The van der Waals surface area contributed by atoms with Gasteiger partial charge in [0, 0.05) is 6.54 Å². The van der Waals surface area contributed by atoms with Crippen LogP contribution in [0.4, 0.5) is 5.69 Å². The van der Waals surface area contributed by atoms with Crippen molar-refractivity contribution < 1.29 is 9.59 Å². The van der Waals surface area contributed by atoms with Crippen LogP contribution in [0.2, 0.25) is 0 Å². The van der Waals surface area contributed by atoms with Crippen molar-refractivity contribution in [2.24, 2.45) is 0 Å². The number of fused-ring (bicyclic) bond motifs is 1. The molecule has 0 atom stereocenters. The van der Waals surface area contributed by atoms with E-state index in [1.807, 2.05) is 40.1 Å². The molecular weight excluding hydrogens is 240 g/mol. The molecule has 19 heavy (non-hydrogen) atoms. The summed E-state index contributed by atoms with van der Waals surface area (Å²) in [6, 6.07) is 3.88. The van der Waals surface area contributed by atoms with Gasteiger partial charge in [-0.05, 0) is 58.1 Å². The Hall–Kier alpha value is -1.68. The molecule has 4 nitrogen and oxygen atoms in total. The van der Waals surface area contributed by atoms with E-state index in [-0.39, 0.29) is 11.7 Å². The lowest BCUT2D eigenvalue weighted by atomic mass is 10.0. The van der Waals surface area contributed by atoms with E-state index in [0.717, 1.165) is 29.8 Å². The number of hydrogen-bond donors (Lipinski definition) is 0. The van der Waals surface area contributed by atoms with Gasteiger partial charge in [0.25, 0.3) is 11.7 Å². The van der Waals surface area contributed by atoms with Crippen molar-refractivity contribution in [3.63, 3.8) is 0 Å². The number of nitrogens with zero attached hydrogens (tertiary/aromatic N) is 2. The summed E-state index contributed by atoms with van der Waals surface area (Å²) < 4.78 is 0. The van der Waals surface area contributed by atoms with E-state index in [4.69, 9.17) is 0 Å². The lowest BCUT2D eigenvalue weighted by Crippen LogP contribution is -2.32. The molecule has 0 radical (unpaired) electrons. The number of benzene rings is 1. The van der Waals surface area contributed by atoms with Crippen molar-refractivity contribution in [1.29, 1.82) is 0 Å². The van der Waals surface area contributed by atoms with Crippen molar-refractivity contribution in [3.05, 3.63) is 28.8 Å². The van der Waals surface area contributed by atoms with E-state index in [9.17, 15) is 9.59 Å². The second-order valence-corrected chi connectivity index (χ2v) is 5.42. The van der Waals surface area contributed by atoms with E-state index in [0.29, 0.717) is 12.1 Å². The van der Waals surface area contributed by atoms with Crippen LogP contribution in [0.25, 0.3) is 0 Å². The standard InChI is InChI=1S/C15H20N2O2/c1-10-8-11(2)13-12(9-10)17(15(19)14(13)18)7-5-6-16(3)4/h8-9H,5-7H2,1-4H3. The summed E-state index contributed by atoms with van der Waals surface area (Å²) in [6.07, 6.45) is 0.860. The minimum atomic E-state index is -0.387. The molecule has 0 aromatic heterocycles. The predicted molar refractivity (Wildman–Crippen MR) is 75.8 cm³/mol. The van der Waals surface area contributed by atoms with Crippen LogP contribution >= 0.6 is 0 Å². The quantitative estimate of drug-likeness (QED) is 0.775. The van der Waals surface area contributed by atoms with Gasteiger partial charge in [-0.25, -0.2) is 0 Å². The van der Waals surface area contributed by atoms with Gasteiger partial charge in [0.1, 0.15) is 0 Å². The molecule has 0 N–H and O–H groups in total. The third-order valence-corrected chi connectivity index (χ3v) is 3.40. The van der Waals surface area contributed by atoms with Crippen LogP contribution in [0.1, 0.15) is 27.9 Å². The van der Waals surface area contributed by atoms with Gasteiger partial charge in [-0.2, -0.15) is 0 Å². The number of anilines is 1. The number of ketones is 1. The highest BCUT2D eigenvalue weighted by Gasteiger charge is 2.36. The molecule has 1 heterocycles. The van der Waals surface area contributed by atoms with Gasteiger partial charge in [-0.1, -0.05) is 6.07 Å². The highest BCUT2D eigenvalue weighted by molar-refractivity contribution is 6.52. The van der Waals surface area contributed by atoms with Gasteiger partial charge in [-0.15, -0.1) is 0 Å². The maximum atomic E-state index is 12.1. The Labute approximate surface area is 114 Å². The second-order valence-electron chi connectivity index (χ2n) is 5.42. The van der Waals surface area contributed by atoms with E-state index in [2.05, 4.69) is 4.90 Å². The van der Waals surface area contributed by atoms with Crippen molar-refractivity contribution in [2.75, 3.05) is 32.1 Å². The second kappa shape index (κ2) is 5.13. The number of carbonyl (C=O) groups is 2. The number of Topliss-reactive ketones (excluding diaryl/α,β-unsaturated/α-hetero) is 1. The summed E-state index contributed by atoms with van der Waals surface area (Å²) in [5, 5.41) is 0. The minimum Gasteiger partial charge on any atom is -0.309 e. The first-order valence-corrected chi connectivity index (χ1v) is 6.54. The number of carbonyl (C=O) groups excluding carboxylic acids is 2. The predicted octanol–water partition coefficient (Wildman–Crippen LogP) is 1.78. The maximum Gasteiger partial charge on any atom is 0.299 e. The summed E-state index contributed by atoms with van der Waals surface area (Å²) in [5.41, 5.74) is 3.34. The molecular formula is C15H20N2O2. The summed E-state index contributed by atoms with van der Waals surface area (Å²) in [5.74, 6) is -0.750. The Morgan fingerprint density at radius 1 is 1.16 bits per heavy atom. The highest BCUT2D eigenvalue weighted by atomic mass is 16.2. The van der Waals surface area contributed by atoms with E-state index in [1.54, 1.807) is 4.90 Å². The summed E-state index contributed by atoms with van der Waals surface area (Å²) in [7, 11) is 4.00. The zero-order chi connectivity index (χ0) is 14.2. The van der Waals surface area contributed by atoms with Crippen molar-refractivity contribution in [2.45, 2.75) is 20.3 Å². The van der Waals surface area contributed by atoms with Crippen LogP contribution in [-0.2, 0) is 4.79 Å². The van der Waals surface area contributed by atoms with Gasteiger partial charge in [-0.3, -0.25) is 9.59 Å². The van der Waals surface area contributed by atoms with Gasteiger partial charge in [0.05, 0.1) is 11.3 Å². The van der Waals surface area contributed by atoms with Crippen LogP contribution in [0.15, 0.2) is 12.1 Å². The normalized spacial score (nSPS) is 14.5. The first-order valence-electron chi connectivity index (χ1n) is 6.54. The third kappa shape index (κ3) is 2.54. The molecule has 2 rings (SSSR count). The third-order valence-electron chi connectivity index (χ3n) is 3.40.